The van der Waals surface area contributed by atoms with Crippen molar-refractivity contribution in [3.63, 3.8) is 0 Å². The van der Waals surface area contributed by atoms with Crippen LogP contribution in [0.25, 0.3) is 0 Å². The van der Waals surface area contributed by atoms with Gasteiger partial charge in [0.25, 0.3) is 5.91 Å². The molecule has 3 atom stereocenters. The number of benzene rings is 1. The second kappa shape index (κ2) is 5.77. The molecule has 0 saturated heterocycles. The summed E-state index contributed by atoms with van der Waals surface area (Å²) in [6.07, 6.45) is 3.63. The second-order valence-corrected chi connectivity index (χ2v) is 6.15. The number of amides is 1. The van der Waals surface area contributed by atoms with Gasteiger partial charge < -0.3 is 5.32 Å². The smallest absolute Gasteiger partial charge is 0.251 e. The van der Waals surface area contributed by atoms with Gasteiger partial charge in [-0.25, -0.2) is 0 Å². The van der Waals surface area contributed by atoms with E-state index < -0.39 is 0 Å². The number of nitrogens with one attached hydrogen (secondary N) is 1. The van der Waals surface area contributed by atoms with E-state index in [1.165, 1.54) is 24.0 Å². The van der Waals surface area contributed by atoms with Crippen LogP contribution in [0.3, 0.4) is 0 Å². The Morgan fingerprint density at radius 2 is 1.89 bits per heavy atom. The second-order valence-electron chi connectivity index (χ2n) is 6.15. The van der Waals surface area contributed by atoms with Gasteiger partial charge in [-0.15, -0.1) is 0 Å². The van der Waals surface area contributed by atoms with Crippen molar-refractivity contribution in [1.29, 1.82) is 0 Å². The van der Waals surface area contributed by atoms with Gasteiger partial charge in [-0.2, -0.15) is 0 Å². The highest BCUT2D eigenvalue weighted by atomic mass is 16.1. The fourth-order valence-electron chi connectivity index (χ4n) is 2.92. The topological polar surface area (TPSA) is 29.1 Å². The number of aryl methyl sites for hydroxylation is 2. The maximum Gasteiger partial charge on any atom is 0.251 e. The molecule has 1 aromatic carbocycles. The van der Waals surface area contributed by atoms with Crippen molar-refractivity contribution in [1.82, 2.24) is 5.32 Å². The van der Waals surface area contributed by atoms with Crippen LogP contribution in [-0.4, -0.2) is 11.9 Å². The zero-order valence-electron chi connectivity index (χ0n) is 12.5. The fourth-order valence-corrected chi connectivity index (χ4v) is 2.92. The van der Waals surface area contributed by atoms with E-state index in [1.807, 2.05) is 18.2 Å². The molecule has 1 aromatic rings. The third-order valence-corrected chi connectivity index (χ3v) is 4.79. The summed E-state index contributed by atoms with van der Waals surface area (Å²) in [6, 6.07) is 6.27. The summed E-state index contributed by atoms with van der Waals surface area (Å²) in [5, 5.41) is 3.22. The zero-order chi connectivity index (χ0) is 14.0. The van der Waals surface area contributed by atoms with Gasteiger partial charge in [-0.3, -0.25) is 4.79 Å². The van der Waals surface area contributed by atoms with Gasteiger partial charge in [0.05, 0.1) is 0 Å². The van der Waals surface area contributed by atoms with Crippen LogP contribution in [0.2, 0.25) is 0 Å². The third kappa shape index (κ3) is 3.17. The van der Waals surface area contributed by atoms with E-state index in [4.69, 9.17) is 0 Å². The van der Waals surface area contributed by atoms with Gasteiger partial charge in [-0.05, 0) is 55.4 Å². The predicted molar refractivity (Wildman–Crippen MR) is 79.3 cm³/mol. The Labute approximate surface area is 116 Å². The van der Waals surface area contributed by atoms with Crippen LogP contribution in [0, 0.1) is 25.7 Å². The molecule has 2 rings (SSSR count). The monoisotopic (exact) mass is 259 g/mol. The molecule has 0 unspecified atom stereocenters. The van der Waals surface area contributed by atoms with Crippen molar-refractivity contribution in [2.75, 3.05) is 0 Å². The van der Waals surface area contributed by atoms with Gasteiger partial charge >= 0.3 is 0 Å². The highest BCUT2D eigenvalue weighted by molar-refractivity contribution is 5.94. The van der Waals surface area contributed by atoms with E-state index in [-0.39, 0.29) is 5.91 Å². The van der Waals surface area contributed by atoms with Gasteiger partial charge in [0.2, 0.25) is 0 Å². The largest absolute Gasteiger partial charge is 0.349 e. The zero-order valence-corrected chi connectivity index (χ0v) is 12.5. The van der Waals surface area contributed by atoms with E-state index in [2.05, 4.69) is 33.0 Å². The standard InChI is InChI=1S/C17H25NO/c1-11-8-9-15(10-13(11)3)17(19)18-16-7-5-6-12(2)14(16)4/h8-10,12,14,16H,5-7H2,1-4H3,(H,18,19)/t12-,14-,16-/m0/s1. The molecule has 1 amide bonds. The maximum atomic E-state index is 12.3. The molecule has 1 aliphatic rings. The quantitative estimate of drug-likeness (QED) is 0.858. The molecule has 104 valence electrons. The first-order valence-corrected chi connectivity index (χ1v) is 7.37. The number of hydrogen-bond donors (Lipinski definition) is 1. The lowest BCUT2D eigenvalue weighted by Crippen LogP contribution is -2.43. The van der Waals surface area contributed by atoms with Crippen molar-refractivity contribution < 1.29 is 4.79 Å². The van der Waals surface area contributed by atoms with Crippen LogP contribution in [-0.2, 0) is 0 Å². The molecule has 0 radical (unpaired) electrons. The SMILES string of the molecule is Cc1ccc(C(=O)N[C@H]2CCC[C@H](C)[C@@H]2C)cc1C. The van der Waals surface area contributed by atoms with Crippen LogP contribution in [0.5, 0.6) is 0 Å². The van der Waals surface area contributed by atoms with Crippen LogP contribution in [0.15, 0.2) is 18.2 Å². The molecule has 1 aliphatic carbocycles. The van der Waals surface area contributed by atoms with Gasteiger partial charge in [0.1, 0.15) is 0 Å². The Morgan fingerprint density at radius 1 is 1.16 bits per heavy atom. The van der Waals surface area contributed by atoms with Crippen molar-refractivity contribution >= 4 is 5.91 Å². The lowest BCUT2D eigenvalue weighted by Gasteiger charge is -2.34. The first kappa shape index (κ1) is 14.1. The number of carbonyl (C=O) groups excluding carboxylic acids is 1. The highest BCUT2D eigenvalue weighted by Crippen LogP contribution is 2.29. The minimum absolute atomic E-state index is 0.0778. The van der Waals surface area contributed by atoms with Crippen molar-refractivity contribution in [2.45, 2.75) is 53.0 Å². The fraction of sp³-hybridized carbons (Fsp3) is 0.588. The van der Waals surface area contributed by atoms with E-state index in [0.717, 1.165) is 12.0 Å². The van der Waals surface area contributed by atoms with Crippen molar-refractivity contribution in [3.8, 4) is 0 Å². The molecule has 0 spiro atoms. The summed E-state index contributed by atoms with van der Waals surface area (Å²) in [6.45, 7) is 8.67. The summed E-state index contributed by atoms with van der Waals surface area (Å²) in [5.74, 6) is 1.36. The van der Waals surface area contributed by atoms with Gasteiger partial charge in [0, 0.05) is 11.6 Å². The van der Waals surface area contributed by atoms with Gasteiger partial charge in [0.15, 0.2) is 0 Å². The molecular formula is C17H25NO. The number of rotatable bonds is 2. The summed E-state index contributed by atoms with van der Waals surface area (Å²) in [5.41, 5.74) is 3.20. The molecular weight excluding hydrogens is 234 g/mol. The lowest BCUT2D eigenvalue weighted by atomic mass is 9.78. The normalized spacial score (nSPS) is 27.1. The molecule has 2 heteroatoms. The highest BCUT2D eigenvalue weighted by Gasteiger charge is 2.28. The van der Waals surface area contributed by atoms with Crippen LogP contribution < -0.4 is 5.32 Å². The van der Waals surface area contributed by atoms with Crippen LogP contribution in [0.4, 0.5) is 0 Å². The molecule has 0 aromatic heterocycles. The van der Waals surface area contributed by atoms with Crippen LogP contribution in [0.1, 0.15) is 54.6 Å². The summed E-state index contributed by atoms with van der Waals surface area (Å²) in [7, 11) is 0. The Hall–Kier alpha value is -1.31. The molecule has 1 saturated carbocycles. The maximum absolute atomic E-state index is 12.3. The Morgan fingerprint density at radius 3 is 2.58 bits per heavy atom. The average Bonchev–Trinajstić information content (AvgIpc) is 2.38. The van der Waals surface area contributed by atoms with E-state index in [9.17, 15) is 4.79 Å². The number of carbonyl (C=O) groups is 1. The minimum atomic E-state index is 0.0778. The van der Waals surface area contributed by atoms with E-state index >= 15 is 0 Å². The third-order valence-electron chi connectivity index (χ3n) is 4.79. The molecule has 0 aliphatic heterocycles. The van der Waals surface area contributed by atoms with Crippen LogP contribution >= 0.6 is 0 Å². The molecule has 0 heterocycles. The minimum Gasteiger partial charge on any atom is -0.349 e. The summed E-state index contributed by atoms with van der Waals surface area (Å²) in [4.78, 5) is 12.3. The first-order chi connectivity index (χ1) is 8.99. The Bertz CT molecular complexity index is 466. The Kier molecular flexibility index (Phi) is 4.28. The first-order valence-electron chi connectivity index (χ1n) is 7.37. The summed E-state index contributed by atoms with van der Waals surface area (Å²) < 4.78 is 0. The Balaban J connectivity index is 2.06. The van der Waals surface area contributed by atoms with Crippen molar-refractivity contribution in [3.05, 3.63) is 34.9 Å². The predicted octanol–water partition coefficient (Wildman–Crippen LogP) is 3.86. The van der Waals surface area contributed by atoms with Crippen molar-refractivity contribution in [2.24, 2.45) is 11.8 Å². The van der Waals surface area contributed by atoms with E-state index in [1.54, 1.807) is 0 Å². The molecule has 19 heavy (non-hydrogen) atoms. The molecule has 2 nitrogen and oxygen atoms in total. The average molecular weight is 259 g/mol. The summed E-state index contributed by atoms with van der Waals surface area (Å²) >= 11 is 0. The molecule has 1 N–H and O–H groups in total. The number of hydrogen-bond acceptors (Lipinski definition) is 1. The molecule has 0 bridgehead atoms. The molecule has 1 fully saturated rings. The van der Waals surface area contributed by atoms with E-state index in [0.29, 0.717) is 17.9 Å². The van der Waals surface area contributed by atoms with Gasteiger partial charge in [-0.1, -0.05) is 32.8 Å². The lowest BCUT2D eigenvalue weighted by molar-refractivity contribution is 0.0891.